The lowest BCUT2D eigenvalue weighted by molar-refractivity contribution is -0.162. The van der Waals surface area contributed by atoms with Gasteiger partial charge in [0.15, 0.2) is 22.8 Å². The van der Waals surface area contributed by atoms with Crippen LogP contribution in [-0.2, 0) is 14.3 Å². The zero-order chi connectivity index (χ0) is 32.0. The molecule has 0 aromatic heterocycles. The minimum Gasteiger partial charge on any atom is -0.490 e. The van der Waals surface area contributed by atoms with Crippen LogP contribution >= 0.6 is 0 Å². The Morgan fingerprint density at radius 3 is 2.14 bits per heavy atom. The maximum absolute atomic E-state index is 15.2. The van der Waals surface area contributed by atoms with Gasteiger partial charge in [-0.05, 0) is 91.9 Å². The molecule has 1 heterocycles. The second kappa shape index (κ2) is 11.8. The zero-order valence-electron chi connectivity index (χ0n) is 27.6. The van der Waals surface area contributed by atoms with Crippen LogP contribution in [0.5, 0.6) is 0 Å². The number of hydrogen-bond acceptors (Lipinski definition) is 5. The van der Waals surface area contributed by atoms with Crippen molar-refractivity contribution in [1.29, 1.82) is 0 Å². The molecule has 2 fully saturated rings. The van der Waals surface area contributed by atoms with Crippen molar-refractivity contribution in [3.8, 4) is 0 Å². The Bertz CT molecular complexity index is 1410. The average molecular weight is 587 g/mol. The van der Waals surface area contributed by atoms with Gasteiger partial charge >= 0.3 is 0 Å². The number of Topliss-reactive ketones (excluding diaryl/α,β-unsaturated/α-hetero) is 3. The number of carbonyl (C=O) groups is 3. The van der Waals surface area contributed by atoms with Gasteiger partial charge in [0.25, 0.3) is 0 Å². The molecule has 0 unspecified atom stereocenters. The summed E-state index contributed by atoms with van der Waals surface area (Å²) in [5.74, 6) is -0.972. The molecule has 1 aliphatic heterocycles. The summed E-state index contributed by atoms with van der Waals surface area (Å²) in [5.41, 5.74) is -1.13. The maximum Gasteiger partial charge on any atom is 0.184 e. The Hall–Kier alpha value is -3.05. The Labute approximate surface area is 258 Å². The van der Waals surface area contributed by atoms with Crippen molar-refractivity contribution in [2.45, 2.75) is 113 Å². The summed E-state index contributed by atoms with van der Waals surface area (Å²) in [4.78, 5) is 45.1. The number of allylic oxidation sites excluding steroid dienone is 8. The summed E-state index contributed by atoms with van der Waals surface area (Å²) in [7, 11) is 0. The lowest BCUT2D eigenvalue weighted by Crippen LogP contribution is -2.69. The molecule has 0 radical (unpaired) electrons. The van der Waals surface area contributed by atoms with Gasteiger partial charge in [-0.3, -0.25) is 14.4 Å². The van der Waals surface area contributed by atoms with Crippen LogP contribution in [0.2, 0.25) is 0 Å². The molecule has 1 spiro atoms. The van der Waals surface area contributed by atoms with Crippen LogP contribution in [0, 0.1) is 22.2 Å². The molecular weight excluding hydrogens is 536 g/mol. The lowest BCUT2D eigenvalue weighted by Gasteiger charge is -2.58. The van der Waals surface area contributed by atoms with Crippen LogP contribution in [0.1, 0.15) is 111 Å². The number of ether oxygens (including phenoxy) is 1. The fourth-order valence-corrected chi connectivity index (χ4v) is 7.60. The van der Waals surface area contributed by atoms with E-state index in [4.69, 9.17) is 4.74 Å². The number of rotatable bonds is 10. The minimum atomic E-state index is -1.90. The molecule has 232 valence electrons. The predicted molar refractivity (Wildman–Crippen MR) is 171 cm³/mol. The summed E-state index contributed by atoms with van der Waals surface area (Å²) in [6.45, 7) is 17.7. The van der Waals surface area contributed by atoms with Crippen molar-refractivity contribution in [3.05, 3.63) is 82.2 Å². The maximum atomic E-state index is 15.2. The first-order valence-corrected chi connectivity index (χ1v) is 15.7. The third kappa shape index (κ3) is 5.43. The van der Waals surface area contributed by atoms with Crippen LogP contribution in [0.4, 0.5) is 0 Å². The zero-order valence-corrected chi connectivity index (χ0v) is 27.6. The van der Waals surface area contributed by atoms with Crippen molar-refractivity contribution >= 4 is 17.3 Å². The fourth-order valence-electron chi connectivity index (χ4n) is 7.60. The molecule has 5 heteroatoms. The summed E-state index contributed by atoms with van der Waals surface area (Å²) in [5, 5.41) is 11.8. The molecular formula is C38H50O5. The van der Waals surface area contributed by atoms with Gasteiger partial charge in [0.05, 0.1) is 11.0 Å². The highest BCUT2D eigenvalue weighted by molar-refractivity contribution is 6.36. The topological polar surface area (TPSA) is 80.7 Å². The number of benzene rings is 1. The average Bonchev–Trinajstić information content (AvgIpc) is 3.31. The first kappa shape index (κ1) is 32.9. The highest BCUT2D eigenvalue weighted by Crippen LogP contribution is 2.69. The highest BCUT2D eigenvalue weighted by atomic mass is 16.5. The molecule has 5 atom stereocenters. The van der Waals surface area contributed by atoms with E-state index >= 15 is 9.59 Å². The third-order valence-electron chi connectivity index (χ3n) is 10.3. The molecule has 1 aromatic rings. The predicted octanol–water partition coefficient (Wildman–Crippen LogP) is 8.29. The minimum absolute atomic E-state index is 0.144. The van der Waals surface area contributed by atoms with Gasteiger partial charge < -0.3 is 9.84 Å². The van der Waals surface area contributed by atoms with Gasteiger partial charge in [0, 0.05) is 17.6 Å². The van der Waals surface area contributed by atoms with Gasteiger partial charge in [-0.25, -0.2) is 0 Å². The van der Waals surface area contributed by atoms with Gasteiger partial charge in [0.1, 0.15) is 11.9 Å². The summed E-state index contributed by atoms with van der Waals surface area (Å²) in [6, 6.07) is 8.79. The van der Waals surface area contributed by atoms with Crippen molar-refractivity contribution < 1.29 is 24.2 Å². The third-order valence-corrected chi connectivity index (χ3v) is 10.3. The molecule has 2 aliphatic carbocycles. The summed E-state index contributed by atoms with van der Waals surface area (Å²) >= 11 is 0. The molecule has 2 bridgehead atoms. The summed E-state index contributed by atoms with van der Waals surface area (Å²) < 4.78 is 6.63. The number of ketones is 3. The van der Waals surface area contributed by atoms with Gasteiger partial charge in [-0.15, -0.1) is 0 Å². The molecule has 1 N–H and O–H groups in total. The van der Waals surface area contributed by atoms with E-state index in [0.717, 1.165) is 11.1 Å². The normalized spacial score (nSPS) is 28.8. The van der Waals surface area contributed by atoms with E-state index < -0.39 is 39.5 Å². The van der Waals surface area contributed by atoms with E-state index in [-0.39, 0.29) is 24.5 Å². The molecule has 0 amide bonds. The molecule has 1 saturated heterocycles. The van der Waals surface area contributed by atoms with Crippen LogP contribution < -0.4 is 0 Å². The number of carbonyl (C=O) groups excluding carboxylic acids is 3. The standard InChI is InChI=1S/C38H50O5/c1-24(2)14-13-21-36(9,42)30-23-37-22-28(19-17-25(3)4)35(7,8)38(34(37)41,31(39)27-15-11-10-12-16-27)32(40)29(33(37)43-30)20-18-26(5)6/h10-12,14-18,28,30,42H,13,19-23H2,1-9H3/t28-,30+,36+,37+,38+/m1/s1. The molecule has 5 nitrogen and oxygen atoms in total. The number of aliphatic hydroxyl groups is 1. The highest BCUT2D eigenvalue weighted by Gasteiger charge is 2.77. The molecule has 1 saturated carbocycles. The summed E-state index contributed by atoms with van der Waals surface area (Å²) in [6.07, 6.45) is 8.28. The van der Waals surface area contributed by atoms with Crippen molar-refractivity contribution in [2.24, 2.45) is 22.2 Å². The number of hydrogen-bond donors (Lipinski definition) is 1. The van der Waals surface area contributed by atoms with Gasteiger partial charge in [-0.1, -0.05) is 79.1 Å². The number of fused-ring (bicyclic) bond motifs is 1. The van der Waals surface area contributed by atoms with Crippen LogP contribution in [0.15, 0.2) is 76.6 Å². The van der Waals surface area contributed by atoms with Crippen molar-refractivity contribution in [3.63, 3.8) is 0 Å². The van der Waals surface area contributed by atoms with E-state index in [1.807, 2.05) is 67.5 Å². The second-order valence-corrected chi connectivity index (χ2v) is 14.6. The first-order chi connectivity index (χ1) is 20.0. The van der Waals surface area contributed by atoms with Crippen LogP contribution in [0.3, 0.4) is 0 Å². The van der Waals surface area contributed by atoms with E-state index in [1.54, 1.807) is 31.2 Å². The lowest BCUT2D eigenvalue weighted by atomic mass is 9.39. The Balaban J connectivity index is 1.99. The van der Waals surface area contributed by atoms with Crippen molar-refractivity contribution in [1.82, 2.24) is 0 Å². The van der Waals surface area contributed by atoms with E-state index in [0.29, 0.717) is 42.6 Å². The smallest absolute Gasteiger partial charge is 0.184 e. The van der Waals surface area contributed by atoms with Crippen LogP contribution in [0.25, 0.3) is 0 Å². The molecule has 43 heavy (non-hydrogen) atoms. The molecule has 1 aromatic carbocycles. The van der Waals surface area contributed by atoms with Crippen molar-refractivity contribution in [2.75, 3.05) is 0 Å². The van der Waals surface area contributed by atoms with E-state index in [2.05, 4.69) is 12.2 Å². The quantitative estimate of drug-likeness (QED) is 0.169. The first-order valence-electron chi connectivity index (χ1n) is 15.7. The van der Waals surface area contributed by atoms with E-state index in [9.17, 15) is 9.90 Å². The Morgan fingerprint density at radius 2 is 1.56 bits per heavy atom. The van der Waals surface area contributed by atoms with E-state index in [1.165, 1.54) is 5.57 Å². The van der Waals surface area contributed by atoms with Gasteiger partial charge in [-0.2, -0.15) is 0 Å². The van der Waals surface area contributed by atoms with Gasteiger partial charge in [0.2, 0.25) is 0 Å². The fraction of sp³-hybridized carbons (Fsp3) is 0.553. The monoisotopic (exact) mass is 586 g/mol. The largest absolute Gasteiger partial charge is 0.490 e. The molecule has 3 aliphatic rings. The Kier molecular flexibility index (Phi) is 9.02. The molecule has 4 rings (SSSR count). The SMILES string of the molecule is CC(C)=CCC[C@](C)(O)[C@@H]1C[C@@]23C[C@@H](CC=C(C)C)C(C)(C)[C@@](C(=O)c4ccccc4)(C(=O)C(CC=C(C)C)=C2O1)C3=O. The second-order valence-electron chi connectivity index (χ2n) is 14.6. The Morgan fingerprint density at radius 1 is 0.953 bits per heavy atom. The van der Waals surface area contributed by atoms with Crippen LogP contribution in [-0.4, -0.2) is 34.2 Å².